The SMILES string of the molecule is CCCCCCCCCNC(=NC)NCc1nnc(C)n1C. The molecule has 1 heterocycles. The van der Waals surface area contributed by atoms with Crippen molar-refractivity contribution in [3.05, 3.63) is 11.6 Å². The summed E-state index contributed by atoms with van der Waals surface area (Å²) in [7, 11) is 3.77. The van der Waals surface area contributed by atoms with E-state index >= 15 is 0 Å². The van der Waals surface area contributed by atoms with Gasteiger partial charge in [0.25, 0.3) is 0 Å². The summed E-state index contributed by atoms with van der Waals surface area (Å²) >= 11 is 0. The summed E-state index contributed by atoms with van der Waals surface area (Å²) < 4.78 is 1.98. The summed E-state index contributed by atoms with van der Waals surface area (Å²) in [5.74, 6) is 2.66. The van der Waals surface area contributed by atoms with Crippen LogP contribution in [0.1, 0.15) is 63.5 Å². The normalized spacial score (nSPS) is 11.7. The molecular formula is C16H32N6. The number of hydrogen-bond acceptors (Lipinski definition) is 3. The number of unbranched alkanes of at least 4 members (excludes halogenated alkanes) is 6. The zero-order valence-corrected chi connectivity index (χ0v) is 14.7. The second-order valence-electron chi connectivity index (χ2n) is 5.70. The molecule has 0 aromatic carbocycles. The predicted molar refractivity (Wildman–Crippen MR) is 91.9 cm³/mol. The van der Waals surface area contributed by atoms with Crippen molar-refractivity contribution in [2.75, 3.05) is 13.6 Å². The van der Waals surface area contributed by atoms with Gasteiger partial charge in [0.1, 0.15) is 5.82 Å². The Morgan fingerprint density at radius 2 is 1.73 bits per heavy atom. The molecule has 0 fully saturated rings. The third kappa shape index (κ3) is 6.91. The predicted octanol–water partition coefficient (Wildman–Crippen LogP) is 2.54. The highest BCUT2D eigenvalue weighted by atomic mass is 15.3. The molecule has 2 N–H and O–H groups in total. The Hall–Kier alpha value is -1.59. The molecular weight excluding hydrogens is 276 g/mol. The zero-order chi connectivity index (χ0) is 16.2. The highest BCUT2D eigenvalue weighted by molar-refractivity contribution is 5.79. The van der Waals surface area contributed by atoms with Gasteiger partial charge in [0, 0.05) is 20.6 Å². The van der Waals surface area contributed by atoms with Crippen LogP contribution in [0.25, 0.3) is 0 Å². The lowest BCUT2D eigenvalue weighted by molar-refractivity contribution is 0.583. The van der Waals surface area contributed by atoms with E-state index in [4.69, 9.17) is 0 Å². The number of guanidine groups is 1. The molecule has 6 nitrogen and oxygen atoms in total. The lowest BCUT2D eigenvalue weighted by atomic mass is 10.1. The summed E-state index contributed by atoms with van der Waals surface area (Å²) in [6, 6.07) is 0. The van der Waals surface area contributed by atoms with Crippen LogP contribution < -0.4 is 10.6 Å². The fraction of sp³-hybridized carbons (Fsp3) is 0.812. The van der Waals surface area contributed by atoms with Crippen LogP contribution in [0.4, 0.5) is 0 Å². The smallest absolute Gasteiger partial charge is 0.191 e. The summed E-state index contributed by atoms with van der Waals surface area (Å²) in [4.78, 5) is 4.23. The summed E-state index contributed by atoms with van der Waals surface area (Å²) in [6.07, 6.45) is 9.25. The molecule has 6 heteroatoms. The average Bonchev–Trinajstić information content (AvgIpc) is 2.84. The molecule has 0 aliphatic rings. The van der Waals surface area contributed by atoms with E-state index in [1.807, 2.05) is 18.5 Å². The Balaban J connectivity index is 2.11. The van der Waals surface area contributed by atoms with Gasteiger partial charge in [-0.25, -0.2) is 0 Å². The molecule has 0 aliphatic carbocycles. The number of aromatic nitrogens is 3. The van der Waals surface area contributed by atoms with Gasteiger partial charge in [0.2, 0.25) is 0 Å². The molecule has 126 valence electrons. The maximum absolute atomic E-state index is 4.23. The molecule has 0 bridgehead atoms. The fourth-order valence-corrected chi connectivity index (χ4v) is 2.28. The van der Waals surface area contributed by atoms with Crippen molar-refractivity contribution >= 4 is 5.96 Å². The van der Waals surface area contributed by atoms with Crippen molar-refractivity contribution in [2.45, 2.75) is 65.3 Å². The highest BCUT2D eigenvalue weighted by Crippen LogP contribution is 2.06. The zero-order valence-electron chi connectivity index (χ0n) is 14.7. The van der Waals surface area contributed by atoms with E-state index in [-0.39, 0.29) is 0 Å². The van der Waals surface area contributed by atoms with Crippen molar-refractivity contribution in [3.8, 4) is 0 Å². The maximum Gasteiger partial charge on any atom is 0.191 e. The minimum atomic E-state index is 0.633. The first kappa shape index (κ1) is 18.5. The first-order chi connectivity index (χ1) is 10.7. The molecule has 22 heavy (non-hydrogen) atoms. The van der Waals surface area contributed by atoms with Crippen LogP contribution in [0.5, 0.6) is 0 Å². The van der Waals surface area contributed by atoms with Gasteiger partial charge in [-0.1, -0.05) is 45.4 Å². The summed E-state index contributed by atoms with van der Waals surface area (Å²) in [5, 5.41) is 14.8. The van der Waals surface area contributed by atoms with Gasteiger partial charge in [-0.15, -0.1) is 10.2 Å². The van der Waals surface area contributed by atoms with Gasteiger partial charge in [-0.3, -0.25) is 4.99 Å². The third-order valence-electron chi connectivity index (χ3n) is 3.89. The molecule has 0 aliphatic heterocycles. The van der Waals surface area contributed by atoms with Crippen LogP contribution in [0.2, 0.25) is 0 Å². The number of rotatable bonds is 10. The minimum absolute atomic E-state index is 0.633. The van der Waals surface area contributed by atoms with E-state index in [1.54, 1.807) is 7.05 Å². The van der Waals surface area contributed by atoms with Gasteiger partial charge in [0.15, 0.2) is 11.8 Å². The summed E-state index contributed by atoms with van der Waals surface area (Å²) in [6.45, 7) is 5.80. The van der Waals surface area contributed by atoms with E-state index in [9.17, 15) is 0 Å². The quantitative estimate of drug-likeness (QED) is 0.396. The van der Waals surface area contributed by atoms with Crippen molar-refractivity contribution in [2.24, 2.45) is 12.0 Å². The van der Waals surface area contributed by atoms with Gasteiger partial charge < -0.3 is 15.2 Å². The van der Waals surface area contributed by atoms with Crippen molar-refractivity contribution < 1.29 is 0 Å². The Morgan fingerprint density at radius 1 is 1.05 bits per heavy atom. The molecule has 0 saturated carbocycles. The first-order valence-corrected chi connectivity index (χ1v) is 8.48. The topological polar surface area (TPSA) is 67.1 Å². The largest absolute Gasteiger partial charge is 0.356 e. The number of hydrogen-bond donors (Lipinski definition) is 2. The molecule has 0 spiro atoms. The van der Waals surface area contributed by atoms with Crippen molar-refractivity contribution in [3.63, 3.8) is 0 Å². The lowest BCUT2D eigenvalue weighted by Gasteiger charge is -2.11. The van der Waals surface area contributed by atoms with Crippen LogP contribution >= 0.6 is 0 Å². The fourth-order valence-electron chi connectivity index (χ4n) is 2.28. The highest BCUT2D eigenvalue weighted by Gasteiger charge is 2.05. The molecule has 0 unspecified atom stereocenters. The monoisotopic (exact) mass is 308 g/mol. The lowest BCUT2D eigenvalue weighted by Crippen LogP contribution is -2.37. The van der Waals surface area contributed by atoms with E-state index in [1.165, 1.54) is 44.9 Å². The summed E-state index contributed by atoms with van der Waals surface area (Å²) in [5.41, 5.74) is 0. The van der Waals surface area contributed by atoms with Crippen LogP contribution in [0, 0.1) is 6.92 Å². The number of nitrogens with zero attached hydrogens (tertiary/aromatic N) is 4. The molecule has 0 atom stereocenters. The molecule has 1 rings (SSSR count). The van der Waals surface area contributed by atoms with Gasteiger partial charge in [-0.05, 0) is 13.3 Å². The molecule has 1 aromatic heterocycles. The number of nitrogens with one attached hydrogen (secondary N) is 2. The molecule has 0 radical (unpaired) electrons. The molecule has 1 aromatic rings. The van der Waals surface area contributed by atoms with E-state index in [0.29, 0.717) is 6.54 Å². The molecule has 0 amide bonds. The third-order valence-corrected chi connectivity index (χ3v) is 3.89. The molecule has 0 saturated heterocycles. The van der Waals surface area contributed by atoms with Gasteiger partial charge in [0.05, 0.1) is 6.54 Å². The Bertz CT molecular complexity index is 438. The van der Waals surface area contributed by atoms with Crippen LogP contribution in [0.15, 0.2) is 4.99 Å². The standard InChI is InChI=1S/C16H32N6/c1-5-6-7-8-9-10-11-12-18-16(17-3)19-13-15-21-20-14(2)22(15)4/h5-13H2,1-4H3,(H2,17,18,19). The maximum atomic E-state index is 4.23. The average molecular weight is 308 g/mol. The Morgan fingerprint density at radius 3 is 2.32 bits per heavy atom. The van der Waals surface area contributed by atoms with Crippen molar-refractivity contribution in [1.29, 1.82) is 0 Å². The Labute approximate surface area is 134 Å². The second kappa shape index (κ2) is 11.0. The first-order valence-electron chi connectivity index (χ1n) is 8.48. The van der Waals surface area contributed by atoms with Gasteiger partial charge in [-0.2, -0.15) is 0 Å². The second-order valence-corrected chi connectivity index (χ2v) is 5.70. The Kier molecular flexibility index (Phi) is 9.26. The van der Waals surface area contributed by atoms with Crippen molar-refractivity contribution in [1.82, 2.24) is 25.4 Å². The van der Waals surface area contributed by atoms with Crippen LogP contribution in [-0.2, 0) is 13.6 Å². The number of aryl methyl sites for hydroxylation is 1. The van der Waals surface area contributed by atoms with E-state index in [2.05, 4.69) is 32.7 Å². The van der Waals surface area contributed by atoms with E-state index in [0.717, 1.165) is 24.2 Å². The van der Waals surface area contributed by atoms with E-state index < -0.39 is 0 Å². The number of aliphatic imine (C=N–C) groups is 1. The minimum Gasteiger partial charge on any atom is -0.356 e. The van der Waals surface area contributed by atoms with Gasteiger partial charge >= 0.3 is 0 Å². The van der Waals surface area contributed by atoms with Crippen LogP contribution in [0.3, 0.4) is 0 Å². The van der Waals surface area contributed by atoms with Crippen LogP contribution in [-0.4, -0.2) is 34.3 Å².